The van der Waals surface area contributed by atoms with Gasteiger partial charge in [0.1, 0.15) is 5.75 Å². The Balaban J connectivity index is 0.000000343. The van der Waals surface area contributed by atoms with Crippen LogP contribution in [0.4, 0.5) is 13.2 Å². The molecule has 3 rings (SSSR count). The smallest absolute Gasteiger partial charge is 0.494 e. The third kappa shape index (κ3) is 6.97. The van der Waals surface area contributed by atoms with Crippen LogP contribution in [-0.4, -0.2) is 49.6 Å². The zero-order valence-corrected chi connectivity index (χ0v) is 18.5. The van der Waals surface area contributed by atoms with Crippen LogP contribution in [-0.2, 0) is 10.1 Å². The Hall–Kier alpha value is -1.62. The first-order valence-electron chi connectivity index (χ1n) is 9.67. The van der Waals surface area contributed by atoms with E-state index in [1.807, 2.05) is 18.3 Å². The third-order valence-electron chi connectivity index (χ3n) is 4.53. The highest BCUT2D eigenvalue weighted by molar-refractivity contribution is 7.86. The summed E-state index contributed by atoms with van der Waals surface area (Å²) in [6, 6.07) is 8.76. The minimum absolute atomic E-state index is 0.725. The summed E-state index contributed by atoms with van der Waals surface area (Å²) in [7, 11) is -5.84. The molecule has 0 saturated heterocycles. The van der Waals surface area contributed by atoms with E-state index < -0.39 is 15.6 Å². The summed E-state index contributed by atoms with van der Waals surface area (Å²) in [5, 5.41) is 1.33. The molecule has 168 valence electrons. The van der Waals surface area contributed by atoms with E-state index in [2.05, 4.69) is 42.2 Å². The fraction of sp³-hybridized carbons (Fsp3) is 0.500. The lowest BCUT2D eigenvalue weighted by molar-refractivity contribution is -0.0510. The molecule has 2 heterocycles. The summed E-state index contributed by atoms with van der Waals surface area (Å²) in [6.07, 6.45) is 6.19. The average Bonchev–Trinajstić information content (AvgIpc) is 3.09. The topological polar surface area (TPSA) is 66.8 Å². The van der Waals surface area contributed by atoms with E-state index in [-0.39, 0.29) is 0 Å². The Morgan fingerprint density at radius 1 is 1.23 bits per heavy atom. The molecule has 5 nitrogen and oxygen atoms in total. The van der Waals surface area contributed by atoms with E-state index in [9.17, 15) is 13.2 Å². The van der Waals surface area contributed by atoms with Crippen LogP contribution in [0.5, 0.6) is 5.75 Å². The first-order chi connectivity index (χ1) is 14.0. The highest BCUT2D eigenvalue weighted by atomic mass is 32.2. The molecular weight excluding hydrogens is 439 g/mol. The van der Waals surface area contributed by atoms with Gasteiger partial charge in [0, 0.05) is 22.7 Å². The van der Waals surface area contributed by atoms with Gasteiger partial charge in [0.05, 0.1) is 6.61 Å². The Morgan fingerprint density at radius 2 is 1.93 bits per heavy atom. The zero-order chi connectivity index (χ0) is 22.4. The van der Waals surface area contributed by atoms with Crippen LogP contribution in [0.1, 0.15) is 38.0 Å². The van der Waals surface area contributed by atoms with E-state index in [4.69, 9.17) is 17.7 Å². The molecule has 0 saturated carbocycles. The molecule has 10 heteroatoms. The molecule has 0 radical (unpaired) electrons. The molecule has 1 aromatic carbocycles. The Labute approximate surface area is 178 Å². The van der Waals surface area contributed by atoms with Gasteiger partial charge in [-0.2, -0.15) is 21.6 Å². The standard InChI is InChI=1S/C19H25NOS.CHF3O3S/c1-3-5-10-20-11-8-15(9-12-20)18-13-16-6-7-17(21-4-2)14-19(16)22-18;2-1(3,4)8(5,6)7/h6-8,13-14H,3-5,9-12H2,1-2H3;(H,5,6,7). The van der Waals surface area contributed by atoms with E-state index in [1.54, 1.807) is 0 Å². The summed E-state index contributed by atoms with van der Waals surface area (Å²) >= 11 is 1.90. The number of hydrogen-bond donors (Lipinski definition) is 1. The van der Waals surface area contributed by atoms with E-state index in [0.29, 0.717) is 0 Å². The van der Waals surface area contributed by atoms with Crippen LogP contribution in [0, 0.1) is 0 Å². The van der Waals surface area contributed by atoms with Crippen LogP contribution in [0.15, 0.2) is 30.3 Å². The van der Waals surface area contributed by atoms with Gasteiger partial charge in [0.25, 0.3) is 0 Å². The number of unbranched alkanes of at least 4 members (excludes halogenated alkanes) is 1. The van der Waals surface area contributed by atoms with Crippen molar-refractivity contribution in [1.82, 2.24) is 4.90 Å². The number of hydrogen-bond acceptors (Lipinski definition) is 5. The van der Waals surface area contributed by atoms with Crippen molar-refractivity contribution in [3.8, 4) is 5.75 Å². The number of rotatable bonds is 6. The molecule has 1 aromatic heterocycles. The van der Waals surface area contributed by atoms with Gasteiger partial charge in [-0.3, -0.25) is 9.45 Å². The summed E-state index contributed by atoms with van der Waals surface area (Å²) < 4.78 is 64.5. The highest BCUT2D eigenvalue weighted by Gasteiger charge is 2.44. The lowest BCUT2D eigenvalue weighted by Gasteiger charge is -2.25. The molecule has 0 unspecified atom stereocenters. The van der Waals surface area contributed by atoms with Gasteiger partial charge in [0.15, 0.2) is 0 Å². The monoisotopic (exact) mass is 465 g/mol. The van der Waals surface area contributed by atoms with Crippen molar-refractivity contribution in [3.05, 3.63) is 35.2 Å². The van der Waals surface area contributed by atoms with Crippen LogP contribution in [0.3, 0.4) is 0 Å². The number of fused-ring (bicyclic) bond motifs is 1. The van der Waals surface area contributed by atoms with Gasteiger partial charge in [0.2, 0.25) is 0 Å². The second kappa shape index (κ2) is 10.6. The number of halogens is 3. The predicted molar refractivity (Wildman–Crippen MR) is 115 cm³/mol. The van der Waals surface area contributed by atoms with Crippen molar-refractivity contribution >= 4 is 37.1 Å². The molecular formula is C20H26F3NO4S2. The molecule has 30 heavy (non-hydrogen) atoms. The molecule has 0 bridgehead atoms. The molecule has 0 spiro atoms. The number of thiophene rings is 1. The minimum Gasteiger partial charge on any atom is -0.494 e. The van der Waals surface area contributed by atoms with Crippen molar-refractivity contribution < 1.29 is 30.9 Å². The Morgan fingerprint density at radius 3 is 2.47 bits per heavy atom. The molecule has 0 atom stereocenters. The quantitative estimate of drug-likeness (QED) is 0.445. The summed E-state index contributed by atoms with van der Waals surface area (Å²) in [5.74, 6) is 0.978. The van der Waals surface area contributed by atoms with Crippen molar-refractivity contribution in [1.29, 1.82) is 0 Å². The van der Waals surface area contributed by atoms with E-state index >= 15 is 0 Å². The zero-order valence-electron chi connectivity index (χ0n) is 16.9. The molecule has 1 aliphatic heterocycles. The summed E-state index contributed by atoms with van der Waals surface area (Å²) in [6.45, 7) is 8.56. The van der Waals surface area contributed by atoms with Gasteiger partial charge in [-0.15, -0.1) is 11.3 Å². The van der Waals surface area contributed by atoms with Crippen molar-refractivity contribution in [2.24, 2.45) is 0 Å². The molecule has 0 amide bonds. The van der Waals surface area contributed by atoms with Crippen LogP contribution in [0.25, 0.3) is 15.7 Å². The predicted octanol–water partition coefficient (Wildman–Crippen LogP) is 5.58. The number of benzene rings is 1. The molecule has 2 aromatic rings. The second-order valence-corrected chi connectivity index (χ2v) is 9.29. The maximum Gasteiger partial charge on any atom is 0.522 e. The lowest BCUT2D eigenvalue weighted by Crippen LogP contribution is -2.29. The van der Waals surface area contributed by atoms with Crippen LogP contribution < -0.4 is 4.74 Å². The van der Waals surface area contributed by atoms with Gasteiger partial charge in [-0.1, -0.05) is 19.4 Å². The van der Waals surface area contributed by atoms with Gasteiger partial charge in [-0.05, 0) is 61.5 Å². The van der Waals surface area contributed by atoms with Gasteiger partial charge in [-0.25, -0.2) is 0 Å². The number of alkyl halides is 3. The number of nitrogens with zero attached hydrogens (tertiary/aromatic N) is 1. The van der Waals surface area contributed by atoms with Gasteiger partial charge >= 0.3 is 15.6 Å². The Bertz CT molecular complexity index is 968. The highest BCUT2D eigenvalue weighted by Crippen LogP contribution is 2.35. The third-order valence-corrected chi connectivity index (χ3v) is 6.29. The largest absolute Gasteiger partial charge is 0.522 e. The molecule has 0 aliphatic carbocycles. The average molecular weight is 466 g/mol. The van der Waals surface area contributed by atoms with Gasteiger partial charge < -0.3 is 4.74 Å². The minimum atomic E-state index is -5.84. The molecule has 0 fully saturated rings. The fourth-order valence-electron chi connectivity index (χ4n) is 2.95. The first-order valence-corrected chi connectivity index (χ1v) is 11.9. The molecule has 1 N–H and O–H groups in total. The van der Waals surface area contributed by atoms with Crippen molar-refractivity contribution in [2.75, 3.05) is 26.2 Å². The van der Waals surface area contributed by atoms with E-state index in [1.165, 1.54) is 52.9 Å². The normalized spacial score (nSPS) is 15.5. The Kier molecular flexibility index (Phi) is 8.72. The maximum atomic E-state index is 10.7. The van der Waals surface area contributed by atoms with E-state index in [0.717, 1.165) is 18.9 Å². The van der Waals surface area contributed by atoms with Crippen LogP contribution in [0.2, 0.25) is 0 Å². The molecule has 1 aliphatic rings. The summed E-state index contributed by atoms with van der Waals surface area (Å²) in [4.78, 5) is 3.99. The second-order valence-electron chi connectivity index (χ2n) is 6.80. The summed E-state index contributed by atoms with van der Waals surface area (Å²) in [5.41, 5.74) is -4.01. The maximum absolute atomic E-state index is 10.7. The van der Waals surface area contributed by atoms with Crippen molar-refractivity contribution in [3.63, 3.8) is 0 Å². The number of ether oxygens (including phenoxy) is 1. The lowest BCUT2D eigenvalue weighted by atomic mass is 10.1. The SMILES string of the molecule is CCCCN1CC=C(c2cc3ccc(OCC)cc3s2)CC1.O=S(=O)(O)C(F)(F)F. The van der Waals surface area contributed by atoms with Crippen LogP contribution >= 0.6 is 11.3 Å². The van der Waals surface area contributed by atoms with Crippen molar-refractivity contribution in [2.45, 2.75) is 38.6 Å². The fourth-order valence-corrected chi connectivity index (χ4v) is 4.11. The first kappa shape index (κ1) is 24.6.